The molecule has 1 N–H and O–H groups in total. The topological polar surface area (TPSA) is 73.0 Å². The molecular formula is C19H31ClN4O3S. The first-order valence-corrected chi connectivity index (χ1v) is 11.5. The number of nitrogens with zero attached hydrogens (tertiary/aromatic N) is 3. The van der Waals surface area contributed by atoms with Gasteiger partial charge in [0.1, 0.15) is 4.90 Å². The van der Waals surface area contributed by atoms with Crippen LogP contribution in [-0.4, -0.2) is 88.3 Å². The molecule has 0 bridgehead atoms. The fourth-order valence-electron chi connectivity index (χ4n) is 3.13. The highest BCUT2D eigenvalue weighted by Gasteiger charge is 2.22. The Kier molecular flexibility index (Phi) is 8.70. The molecule has 1 aliphatic rings. The molecule has 0 saturated carbocycles. The summed E-state index contributed by atoms with van der Waals surface area (Å²) < 4.78 is 25.7. The van der Waals surface area contributed by atoms with Crippen molar-refractivity contribution in [1.82, 2.24) is 19.4 Å². The van der Waals surface area contributed by atoms with E-state index in [9.17, 15) is 13.2 Å². The van der Waals surface area contributed by atoms with Crippen LogP contribution in [0.2, 0.25) is 5.02 Å². The fraction of sp³-hybridized carbons (Fsp3) is 0.632. The molecule has 1 heterocycles. The number of rotatable bonds is 9. The largest absolute Gasteiger partial charge is 0.352 e. The molecule has 1 fully saturated rings. The van der Waals surface area contributed by atoms with Crippen molar-refractivity contribution in [1.29, 1.82) is 0 Å². The SMILES string of the molecule is CCN1CCN(CCCCNC(=O)c2ccc(Cl)c(S(=O)(=O)N(C)C)c2)CC1. The zero-order valence-electron chi connectivity index (χ0n) is 16.9. The molecule has 7 nitrogen and oxygen atoms in total. The molecule has 28 heavy (non-hydrogen) atoms. The summed E-state index contributed by atoms with van der Waals surface area (Å²) in [6.45, 7) is 9.37. The van der Waals surface area contributed by atoms with E-state index >= 15 is 0 Å². The number of hydrogen-bond donors (Lipinski definition) is 1. The molecule has 1 aromatic carbocycles. The summed E-state index contributed by atoms with van der Waals surface area (Å²) in [7, 11) is -0.837. The van der Waals surface area contributed by atoms with Crippen LogP contribution in [0, 0.1) is 0 Å². The van der Waals surface area contributed by atoms with Crippen molar-refractivity contribution in [3.8, 4) is 0 Å². The number of hydrogen-bond acceptors (Lipinski definition) is 5. The number of nitrogens with one attached hydrogen (secondary N) is 1. The van der Waals surface area contributed by atoms with Crippen LogP contribution in [0.15, 0.2) is 23.1 Å². The smallest absolute Gasteiger partial charge is 0.251 e. The Balaban J connectivity index is 1.79. The molecule has 1 amide bonds. The third-order valence-electron chi connectivity index (χ3n) is 5.05. The maximum atomic E-state index is 12.4. The zero-order chi connectivity index (χ0) is 20.7. The van der Waals surface area contributed by atoms with Gasteiger partial charge >= 0.3 is 0 Å². The van der Waals surface area contributed by atoms with Gasteiger partial charge in [0.2, 0.25) is 10.0 Å². The van der Waals surface area contributed by atoms with Gasteiger partial charge in [0.25, 0.3) is 5.91 Å². The Morgan fingerprint density at radius 3 is 2.39 bits per heavy atom. The lowest BCUT2D eigenvalue weighted by molar-refractivity contribution is 0.0951. The molecule has 0 unspecified atom stereocenters. The third kappa shape index (κ3) is 6.15. The van der Waals surface area contributed by atoms with Crippen molar-refractivity contribution in [2.24, 2.45) is 0 Å². The zero-order valence-corrected chi connectivity index (χ0v) is 18.5. The number of halogens is 1. The number of piperazine rings is 1. The maximum absolute atomic E-state index is 12.4. The molecule has 0 spiro atoms. The first kappa shape index (κ1) is 23.1. The quantitative estimate of drug-likeness (QED) is 0.604. The molecule has 1 saturated heterocycles. The van der Waals surface area contributed by atoms with Crippen molar-refractivity contribution in [3.63, 3.8) is 0 Å². The normalized spacial score (nSPS) is 16.5. The average Bonchev–Trinajstić information content (AvgIpc) is 2.68. The van der Waals surface area contributed by atoms with Gasteiger partial charge in [-0.05, 0) is 44.1 Å². The number of carbonyl (C=O) groups is 1. The van der Waals surface area contributed by atoms with Gasteiger partial charge in [0.15, 0.2) is 0 Å². The van der Waals surface area contributed by atoms with Crippen LogP contribution in [0.5, 0.6) is 0 Å². The first-order valence-electron chi connectivity index (χ1n) is 9.70. The molecule has 2 rings (SSSR count). The molecule has 0 radical (unpaired) electrons. The minimum atomic E-state index is -3.70. The Morgan fingerprint density at radius 2 is 1.79 bits per heavy atom. The Hall–Kier alpha value is -1.19. The van der Waals surface area contributed by atoms with E-state index in [1.54, 1.807) is 6.07 Å². The fourth-order valence-corrected chi connectivity index (χ4v) is 4.53. The van der Waals surface area contributed by atoms with E-state index in [0.29, 0.717) is 12.1 Å². The second kappa shape index (κ2) is 10.5. The molecule has 158 valence electrons. The highest BCUT2D eigenvalue weighted by molar-refractivity contribution is 7.89. The van der Waals surface area contributed by atoms with Crippen LogP contribution in [0.25, 0.3) is 0 Å². The summed E-state index contributed by atoms with van der Waals surface area (Å²) in [5.41, 5.74) is 0.292. The van der Waals surface area contributed by atoms with Crippen molar-refractivity contribution < 1.29 is 13.2 Å². The van der Waals surface area contributed by atoms with Gasteiger partial charge in [-0.2, -0.15) is 0 Å². The van der Waals surface area contributed by atoms with Gasteiger partial charge < -0.3 is 15.1 Å². The number of amides is 1. The van der Waals surface area contributed by atoms with Gasteiger partial charge in [-0.3, -0.25) is 4.79 Å². The second-order valence-electron chi connectivity index (χ2n) is 7.17. The molecule has 0 atom stereocenters. The monoisotopic (exact) mass is 430 g/mol. The van der Waals surface area contributed by atoms with Gasteiger partial charge in [0.05, 0.1) is 5.02 Å². The number of unbranched alkanes of at least 4 members (excludes halogenated alkanes) is 1. The Morgan fingerprint density at radius 1 is 1.14 bits per heavy atom. The molecule has 0 aliphatic carbocycles. The number of carbonyl (C=O) groups excluding carboxylic acids is 1. The second-order valence-corrected chi connectivity index (χ2v) is 9.70. The highest BCUT2D eigenvalue weighted by atomic mass is 35.5. The summed E-state index contributed by atoms with van der Waals surface area (Å²) in [6.07, 6.45) is 1.91. The van der Waals surface area contributed by atoms with Crippen molar-refractivity contribution >= 4 is 27.5 Å². The summed E-state index contributed by atoms with van der Waals surface area (Å²) >= 11 is 6.02. The highest BCUT2D eigenvalue weighted by Crippen LogP contribution is 2.24. The molecule has 1 aliphatic heterocycles. The molecular weight excluding hydrogens is 400 g/mol. The Labute approximate surface area is 173 Å². The van der Waals surface area contributed by atoms with Crippen LogP contribution in [0.1, 0.15) is 30.1 Å². The minimum Gasteiger partial charge on any atom is -0.352 e. The lowest BCUT2D eigenvalue weighted by atomic mass is 10.2. The third-order valence-corrected chi connectivity index (χ3v) is 7.35. The number of likely N-dealkylation sites (N-methyl/N-ethyl adjacent to an activating group) is 1. The average molecular weight is 431 g/mol. The standard InChI is InChI=1S/C19H31ClN4O3S/c1-4-23-11-13-24(14-12-23)10-6-5-9-21-19(25)16-7-8-17(20)18(15-16)28(26,27)22(2)3/h7-8,15H,4-6,9-14H2,1-3H3,(H,21,25). The van der Waals surface area contributed by atoms with E-state index in [1.807, 2.05) is 0 Å². The minimum absolute atomic E-state index is 0.0574. The Bertz CT molecular complexity index is 762. The number of benzene rings is 1. The lowest BCUT2D eigenvalue weighted by Crippen LogP contribution is -2.46. The van der Waals surface area contributed by atoms with Crippen LogP contribution in [0.3, 0.4) is 0 Å². The van der Waals surface area contributed by atoms with Crippen LogP contribution < -0.4 is 5.32 Å². The van der Waals surface area contributed by atoms with E-state index in [1.165, 1.54) is 26.2 Å². The van der Waals surface area contributed by atoms with Crippen LogP contribution >= 0.6 is 11.6 Å². The van der Waals surface area contributed by atoms with E-state index in [4.69, 9.17) is 11.6 Å². The van der Waals surface area contributed by atoms with E-state index < -0.39 is 10.0 Å². The van der Waals surface area contributed by atoms with Gasteiger partial charge in [-0.15, -0.1) is 0 Å². The summed E-state index contributed by atoms with van der Waals surface area (Å²) in [5, 5.41) is 2.97. The predicted molar refractivity (Wildman–Crippen MR) is 112 cm³/mol. The van der Waals surface area contributed by atoms with Crippen molar-refractivity contribution in [2.75, 3.05) is 59.9 Å². The van der Waals surface area contributed by atoms with E-state index in [2.05, 4.69) is 22.0 Å². The maximum Gasteiger partial charge on any atom is 0.251 e. The summed E-state index contributed by atoms with van der Waals surface area (Å²) in [5.74, 6) is -0.288. The molecule has 1 aromatic rings. The van der Waals surface area contributed by atoms with Gasteiger partial charge in [-0.25, -0.2) is 12.7 Å². The molecule has 9 heteroatoms. The van der Waals surface area contributed by atoms with E-state index in [-0.39, 0.29) is 15.8 Å². The first-order chi connectivity index (χ1) is 13.3. The summed E-state index contributed by atoms with van der Waals surface area (Å²) in [4.78, 5) is 17.2. The van der Waals surface area contributed by atoms with E-state index in [0.717, 1.165) is 56.4 Å². The van der Waals surface area contributed by atoms with Gasteiger partial charge in [0, 0.05) is 52.4 Å². The lowest BCUT2D eigenvalue weighted by Gasteiger charge is -2.33. The number of sulfonamides is 1. The molecule has 0 aromatic heterocycles. The van der Waals surface area contributed by atoms with Crippen LogP contribution in [-0.2, 0) is 10.0 Å². The van der Waals surface area contributed by atoms with Crippen molar-refractivity contribution in [2.45, 2.75) is 24.7 Å². The van der Waals surface area contributed by atoms with Crippen LogP contribution in [0.4, 0.5) is 0 Å². The van der Waals surface area contributed by atoms with Crippen molar-refractivity contribution in [3.05, 3.63) is 28.8 Å². The summed E-state index contributed by atoms with van der Waals surface area (Å²) in [6, 6.07) is 4.32. The predicted octanol–water partition coefficient (Wildman–Crippen LogP) is 1.74. The van der Waals surface area contributed by atoms with Gasteiger partial charge in [-0.1, -0.05) is 18.5 Å².